The van der Waals surface area contributed by atoms with E-state index in [1.54, 1.807) is 6.07 Å². The van der Waals surface area contributed by atoms with Gasteiger partial charge in [0.25, 0.3) is 0 Å². The molecule has 112 valence electrons. The minimum atomic E-state index is -4.47. The molecule has 0 aliphatic rings. The number of aromatic carboxylic acids is 1. The Morgan fingerprint density at radius 2 is 2.10 bits per heavy atom. The summed E-state index contributed by atoms with van der Waals surface area (Å²) in [6, 6.07) is 6.72. The molecule has 1 aromatic carbocycles. The molecule has 0 amide bonds. The summed E-state index contributed by atoms with van der Waals surface area (Å²) in [7, 11) is 0. The van der Waals surface area contributed by atoms with Crippen LogP contribution in [0.4, 0.5) is 13.2 Å². The van der Waals surface area contributed by atoms with Gasteiger partial charge in [0.15, 0.2) is 5.69 Å². The Labute approximate surface area is 117 Å². The maximum absolute atomic E-state index is 12.3. The van der Waals surface area contributed by atoms with Crippen molar-refractivity contribution in [2.45, 2.75) is 12.7 Å². The first-order valence-corrected chi connectivity index (χ1v) is 5.93. The lowest BCUT2D eigenvalue weighted by Crippen LogP contribution is -2.11. The van der Waals surface area contributed by atoms with E-state index in [-0.39, 0.29) is 18.7 Å². The van der Waals surface area contributed by atoms with Gasteiger partial charge >= 0.3 is 12.1 Å². The number of hydrogen-bond donors (Lipinski definition) is 1. The highest BCUT2D eigenvalue weighted by Gasteiger charge is 2.33. The molecule has 0 radical (unpaired) electrons. The third-order valence-electron chi connectivity index (χ3n) is 2.60. The number of nitrogens with zero attached hydrogens (tertiary/aromatic N) is 2. The number of alkyl halides is 3. The monoisotopic (exact) mass is 300 g/mol. The van der Waals surface area contributed by atoms with Crippen molar-refractivity contribution in [3.63, 3.8) is 0 Å². The molecule has 0 spiro atoms. The largest absolute Gasteiger partial charge is 0.492 e. The standard InChI is InChI=1S/C13H11F3N2O3/c14-13(15,16)11-4-5-18(17-11)6-7-21-10-3-1-2-9(8-10)12(19)20/h1-5,8H,6-7H2,(H,19,20). The van der Waals surface area contributed by atoms with Gasteiger partial charge in [-0.2, -0.15) is 18.3 Å². The van der Waals surface area contributed by atoms with Crippen LogP contribution in [0.1, 0.15) is 16.1 Å². The number of aromatic nitrogens is 2. The Morgan fingerprint density at radius 3 is 2.71 bits per heavy atom. The predicted molar refractivity (Wildman–Crippen MR) is 66.1 cm³/mol. The maximum atomic E-state index is 12.3. The minimum Gasteiger partial charge on any atom is -0.492 e. The third kappa shape index (κ3) is 3.98. The number of carboxylic acids is 1. The van der Waals surface area contributed by atoms with E-state index in [1.807, 2.05) is 0 Å². The van der Waals surface area contributed by atoms with Gasteiger partial charge in [0.05, 0.1) is 12.1 Å². The van der Waals surface area contributed by atoms with Gasteiger partial charge in [-0.3, -0.25) is 4.68 Å². The Balaban J connectivity index is 1.91. The SMILES string of the molecule is O=C(O)c1cccc(OCCn2ccc(C(F)(F)F)n2)c1. The van der Waals surface area contributed by atoms with Gasteiger partial charge in [-0.15, -0.1) is 0 Å². The number of carbonyl (C=O) groups is 1. The second kappa shape index (κ2) is 5.86. The van der Waals surface area contributed by atoms with Gasteiger partial charge in [-0.25, -0.2) is 4.79 Å². The van der Waals surface area contributed by atoms with Crippen LogP contribution in [0.15, 0.2) is 36.5 Å². The average molecular weight is 300 g/mol. The summed E-state index contributed by atoms with van der Waals surface area (Å²) in [5.74, 6) is -0.750. The van der Waals surface area contributed by atoms with Crippen molar-refractivity contribution in [3.8, 4) is 5.75 Å². The fourth-order valence-corrected chi connectivity index (χ4v) is 1.61. The molecule has 0 saturated heterocycles. The van der Waals surface area contributed by atoms with Crippen molar-refractivity contribution in [1.29, 1.82) is 0 Å². The van der Waals surface area contributed by atoms with Crippen LogP contribution < -0.4 is 4.74 Å². The lowest BCUT2D eigenvalue weighted by atomic mass is 10.2. The smallest absolute Gasteiger partial charge is 0.435 e. The molecule has 2 aromatic rings. The van der Waals surface area contributed by atoms with E-state index < -0.39 is 17.8 Å². The number of benzene rings is 1. The topological polar surface area (TPSA) is 64.3 Å². The second-order valence-corrected chi connectivity index (χ2v) is 4.14. The lowest BCUT2D eigenvalue weighted by molar-refractivity contribution is -0.141. The molecule has 1 N–H and O–H groups in total. The Kier molecular flexibility index (Phi) is 4.15. The number of hydrogen-bond acceptors (Lipinski definition) is 3. The van der Waals surface area contributed by atoms with Crippen LogP contribution in [-0.2, 0) is 12.7 Å². The zero-order valence-corrected chi connectivity index (χ0v) is 10.7. The first-order valence-electron chi connectivity index (χ1n) is 5.93. The highest BCUT2D eigenvalue weighted by molar-refractivity contribution is 5.87. The van der Waals surface area contributed by atoms with Crippen LogP contribution in [-0.4, -0.2) is 27.5 Å². The van der Waals surface area contributed by atoms with E-state index in [4.69, 9.17) is 9.84 Å². The molecule has 1 heterocycles. The first kappa shape index (κ1) is 14.9. The van der Waals surface area contributed by atoms with Gasteiger partial charge in [0.1, 0.15) is 12.4 Å². The zero-order chi connectivity index (χ0) is 15.5. The van der Waals surface area contributed by atoms with Crippen molar-refractivity contribution in [2.24, 2.45) is 0 Å². The molecule has 0 unspecified atom stereocenters. The van der Waals surface area contributed by atoms with Crippen molar-refractivity contribution in [3.05, 3.63) is 47.8 Å². The molecule has 21 heavy (non-hydrogen) atoms. The van der Waals surface area contributed by atoms with Crippen LogP contribution in [0.2, 0.25) is 0 Å². The van der Waals surface area contributed by atoms with Crippen LogP contribution in [0.5, 0.6) is 5.75 Å². The summed E-state index contributed by atoms with van der Waals surface area (Å²) in [5.41, 5.74) is -0.888. The van der Waals surface area contributed by atoms with Gasteiger partial charge in [0.2, 0.25) is 0 Å². The molecule has 0 fully saturated rings. The molecule has 0 bridgehead atoms. The highest BCUT2D eigenvalue weighted by atomic mass is 19.4. The highest BCUT2D eigenvalue weighted by Crippen LogP contribution is 2.27. The quantitative estimate of drug-likeness (QED) is 0.922. The van der Waals surface area contributed by atoms with Crippen molar-refractivity contribution in [2.75, 3.05) is 6.61 Å². The van der Waals surface area contributed by atoms with E-state index in [0.29, 0.717) is 5.75 Å². The number of carboxylic acid groups (broad SMARTS) is 1. The average Bonchev–Trinajstić information content (AvgIpc) is 2.88. The van der Waals surface area contributed by atoms with E-state index in [1.165, 1.54) is 24.4 Å². The zero-order valence-electron chi connectivity index (χ0n) is 10.7. The van der Waals surface area contributed by atoms with Crippen molar-refractivity contribution < 1.29 is 27.8 Å². The number of rotatable bonds is 5. The van der Waals surface area contributed by atoms with Gasteiger partial charge in [-0.1, -0.05) is 6.07 Å². The molecular weight excluding hydrogens is 289 g/mol. The molecule has 1 aromatic heterocycles. The number of halogens is 3. The molecule has 2 rings (SSSR count). The van der Waals surface area contributed by atoms with Crippen LogP contribution >= 0.6 is 0 Å². The Hall–Kier alpha value is -2.51. The molecule has 0 aliphatic heterocycles. The molecule has 5 nitrogen and oxygen atoms in total. The molecule has 0 saturated carbocycles. The van der Waals surface area contributed by atoms with Gasteiger partial charge < -0.3 is 9.84 Å². The summed E-state index contributed by atoms with van der Waals surface area (Å²) in [6.45, 7) is 0.190. The molecule has 0 aliphatic carbocycles. The van der Waals surface area contributed by atoms with Crippen LogP contribution in [0, 0.1) is 0 Å². The second-order valence-electron chi connectivity index (χ2n) is 4.14. The minimum absolute atomic E-state index is 0.0715. The molecular formula is C13H11F3N2O3. The molecule has 0 atom stereocenters. The molecule has 8 heteroatoms. The summed E-state index contributed by atoms with van der Waals surface area (Å²) >= 11 is 0. The van der Waals surface area contributed by atoms with Gasteiger partial charge in [0, 0.05) is 6.20 Å². The third-order valence-corrected chi connectivity index (χ3v) is 2.60. The van der Waals surface area contributed by atoms with E-state index in [2.05, 4.69) is 5.10 Å². The number of ether oxygens (including phenoxy) is 1. The lowest BCUT2D eigenvalue weighted by Gasteiger charge is -2.07. The van der Waals surface area contributed by atoms with Crippen molar-refractivity contribution >= 4 is 5.97 Å². The van der Waals surface area contributed by atoms with E-state index >= 15 is 0 Å². The summed E-state index contributed by atoms with van der Waals surface area (Å²) in [5, 5.41) is 12.2. The maximum Gasteiger partial charge on any atom is 0.435 e. The van der Waals surface area contributed by atoms with Crippen LogP contribution in [0.25, 0.3) is 0 Å². The van der Waals surface area contributed by atoms with E-state index in [9.17, 15) is 18.0 Å². The normalized spacial score (nSPS) is 11.4. The Morgan fingerprint density at radius 1 is 1.33 bits per heavy atom. The summed E-state index contributed by atoms with van der Waals surface area (Å²) < 4.78 is 43.4. The summed E-state index contributed by atoms with van der Waals surface area (Å²) in [4.78, 5) is 10.8. The predicted octanol–water partition coefficient (Wildman–Crippen LogP) is 2.68. The van der Waals surface area contributed by atoms with Crippen molar-refractivity contribution in [1.82, 2.24) is 9.78 Å². The fraction of sp³-hybridized carbons (Fsp3) is 0.231. The van der Waals surface area contributed by atoms with Gasteiger partial charge in [-0.05, 0) is 24.3 Å². The van der Waals surface area contributed by atoms with E-state index in [0.717, 1.165) is 10.7 Å². The fourth-order valence-electron chi connectivity index (χ4n) is 1.61. The first-order chi connectivity index (χ1) is 9.86. The Bertz CT molecular complexity index is 638. The summed E-state index contributed by atoms with van der Waals surface area (Å²) in [6.07, 6.45) is -3.26. The van der Waals surface area contributed by atoms with Crippen LogP contribution in [0.3, 0.4) is 0 Å².